The zero-order valence-corrected chi connectivity index (χ0v) is 9.28. The van der Waals surface area contributed by atoms with Gasteiger partial charge in [0.25, 0.3) is 5.91 Å². The summed E-state index contributed by atoms with van der Waals surface area (Å²) in [5, 5.41) is 9.72. The average Bonchev–Trinajstić information content (AvgIpc) is 2.61. The van der Waals surface area contributed by atoms with Gasteiger partial charge < -0.3 is 15.4 Å². The molecule has 0 saturated heterocycles. The number of halogens is 1. The van der Waals surface area contributed by atoms with E-state index in [2.05, 4.69) is 4.98 Å². The third-order valence-electron chi connectivity index (χ3n) is 2.25. The Morgan fingerprint density at radius 1 is 1.56 bits per heavy atom. The largest absolute Gasteiger partial charge is 0.395 e. The Labute approximate surface area is 98.3 Å². The fourth-order valence-electron chi connectivity index (χ4n) is 1.53. The van der Waals surface area contributed by atoms with Crippen LogP contribution < -0.4 is 5.73 Å². The summed E-state index contributed by atoms with van der Waals surface area (Å²) in [6.07, 6.45) is 3.43. The van der Waals surface area contributed by atoms with E-state index in [1.807, 2.05) is 16.8 Å². The number of hydrogen-bond acceptors (Lipinski definition) is 3. The van der Waals surface area contributed by atoms with E-state index in [1.54, 1.807) is 12.3 Å². The molecule has 16 heavy (non-hydrogen) atoms. The first kappa shape index (κ1) is 12.5. The molecule has 0 aliphatic heterocycles. The lowest BCUT2D eigenvalue weighted by atomic mass is 10.2. The highest BCUT2D eigenvalue weighted by Crippen LogP contribution is 2.15. The minimum atomic E-state index is -0.535. The lowest BCUT2D eigenvalue weighted by molar-refractivity contribution is 0.0996. The summed E-state index contributed by atoms with van der Waals surface area (Å²) >= 11 is 0. The Morgan fingerprint density at radius 2 is 2.31 bits per heavy atom. The molecular weight excluding hydrogens is 230 g/mol. The molecule has 1 amide bonds. The number of hydrogen-bond donors (Lipinski definition) is 2. The summed E-state index contributed by atoms with van der Waals surface area (Å²) in [5.74, 6) is -0.535. The summed E-state index contributed by atoms with van der Waals surface area (Å²) in [6.45, 7) is 0.586. The maximum Gasteiger partial charge on any atom is 0.267 e. The fourth-order valence-corrected chi connectivity index (χ4v) is 1.53. The molecule has 2 heterocycles. The average molecular weight is 242 g/mol. The normalized spacial score (nSPS) is 10.1. The summed E-state index contributed by atoms with van der Waals surface area (Å²) in [7, 11) is 0. The number of amides is 1. The molecule has 86 valence electrons. The predicted octanol–water partition coefficient (Wildman–Crippen LogP) is 0.549. The van der Waals surface area contributed by atoms with E-state index >= 15 is 0 Å². The van der Waals surface area contributed by atoms with Gasteiger partial charge in [0.15, 0.2) is 0 Å². The van der Waals surface area contributed by atoms with Crippen LogP contribution in [0.25, 0.3) is 10.9 Å². The van der Waals surface area contributed by atoms with Crippen LogP contribution in [0.2, 0.25) is 0 Å². The van der Waals surface area contributed by atoms with Gasteiger partial charge in [0.05, 0.1) is 18.3 Å². The molecule has 0 aliphatic rings. The zero-order chi connectivity index (χ0) is 10.8. The number of aliphatic hydroxyl groups is 1. The highest BCUT2D eigenvalue weighted by molar-refractivity contribution is 5.94. The molecule has 0 bridgehead atoms. The summed E-state index contributed by atoms with van der Waals surface area (Å²) in [4.78, 5) is 14.8. The van der Waals surface area contributed by atoms with Crippen molar-refractivity contribution in [3.63, 3.8) is 0 Å². The van der Waals surface area contributed by atoms with Gasteiger partial charge >= 0.3 is 0 Å². The Balaban J connectivity index is 0.00000128. The van der Waals surface area contributed by atoms with Crippen LogP contribution in [-0.4, -0.2) is 27.2 Å². The van der Waals surface area contributed by atoms with Gasteiger partial charge in [-0.3, -0.25) is 4.79 Å². The van der Waals surface area contributed by atoms with Crippen LogP contribution in [-0.2, 0) is 6.54 Å². The maximum absolute atomic E-state index is 10.9. The molecule has 3 N–H and O–H groups in total. The molecule has 0 saturated carbocycles. The van der Waals surface area contributed by atoms with Gasteiger partial charge in [0.1, 0.15) is 5.69 Å². The molecule has 0 aliphatic carbocycles. The molecule has 0 spiro atoms. The van der Waals surface area contributed by atoms with Gasteiger partial charge in [-0.05, 0) is 12.1 Å². The van der Waals surface area contributed by atoms with E-state index in [0.29, 0.717) is 6.54 Å². The molecule has 6 heteroatoms. The number of carbonyl (C=O) groups is 1. The summed E-state index contributed by atoms with van der Waals surface area (Å²) in [6, 6.07) is 3.50. The number of fused-ring (bicyclic) bond motifs is 1. The molecular formula is C10H12ClN3O2. The second-order valence-corrected chi connectivity index (χ2v) is 3.23. The van der Waals surface area contributed by atoms with Crippen LogP contribution in [0.15, 0.2) is 24.5 Å². The lowest BCUT2D eigenvalue weighted by Crippen LogP contribution is -2.12. The quantitative estimate of drug-likeness (QED) is 0.823. The van der Waals surface area contributed by atoms with Crippen molar-refractivity contribution in [2.45, 2.75) is 6.54 Å². The van der Waals surface area contributed by atoms with Crippen LogP contribution in [0.1, 0.15) is 10.5 Å². The van der Waals surface area contributed by atoms with Crippen molar-refractivity contribution in [3.8, 4) is 0 Å². The second-order valence-electron chi connectivity index (χ2n) is 3.23. The van der Waals surface area contributed by atoms with Crippen molar-refractivity contribution in [2.75, 3.05) is 6.61 Å². The standard InChI is InChI=1S/C10H11N3O2.ClH/c11-10(15)8-5-7-1-2-13(3-4-14)9(7)6-12-8;/h1-2,5-6,14H,3-4H2,(H2,11,15);1H. The number of nitrogens with two attached hydrogens (primary N) is 1. The Hall–Kier alpha value is -1.59. The minimum Gasteiger partial charge on any atom is -0.395 e. The number of aliphatic hydroxyl groups excluding tert-OH is 1. The van der Waals surface area contributed by atoms with Crippen molar-refractivity contribution in [2.24, 2.45) is 5.73 Å². The first-order valence-corrected chi connectivity index (χ1v) is 4.58. The van der Waals surface area contributed by atoms with Gasteiger partial charge in [0, 0.05) is 18.1 Å². The second kappa shape index (κ2) is 4.96. The number of aromatic nitrogens is 2. The molecule has 0 aromatic carbocycles. The number of pyridine rings is 1. The number of carbonyl (C=O) groups excluding carboxylic acids is 1. The third-order valence-corrected chi connectivity index (χ3v) is 2.25. The van der Waals surface area contributed by atoms with E-state index < -0.39 is 5.91 Å². The van der Waals surface area contributed by atoms with Gasteiger partial charge in [-0.25, -0.2) is 4.98 Å². The zero-order valence-electron chi connectivity index (χ0n) is 8.46. The highest BCUT2D eigenvalue weighted by atomic mass is 35.5. The van der Waals surface area contributed by atoms with Crippen LogP contribution in [0.4, 0.5) is 0 Å². The molecule has 0 unspecified atom stereocenters. The molecule has 2 aromatic heterocycles. The highest BCUT2D eigenvalue weighted by Gasteiger charge is 2.06. The topological polar surface area (TPSA) is 81.1 Å². The van der Waals surface area contributed by atoms with Crippen LogP contribution >= 0.6 is 12.4 Å². The number of primary amides is 1. The molecule has 0 atom stereocenters. The van der Waals surface area contributed by atoms with Crippen LogP contribution in [0.3, 0.4) is 0 Å². The molecule has 5 nitrogen and oxygen atoms in total. The molecule has 0 fully saturated rings. The van der Waals surface area contributed by atoms with Crippen LogP contribution in [0, 0.1) is 0 Å². The van der Waals surface area contributed by atoms with Gasteiger partial charge in [-0.15, -0.1) is 12.4 Å². The van der Waals surface area contributed by atoms with Crippen molar-refractivity contribution in [1.82, 2.24) is 9.55 Å². The van der Waals surface area contributed by atoms with E-state index in [9.17, 15) is 4.79 Å². The molecule has 2 aromatic rings. The summed E-state index contributed by atoms with van der Waals surface area (Å²) < 4.78 is 1.87. The Kier molecular flexibility index (Phi) is 3.87. The van der Waals surface area contributed by atoms with Gasteiger partial charge in [-0.2, -0.15) is 0 Å². The van der Waals surface area contributed by atoms with Crippen molar-refractivity contribution in [3.05, 3.63) is 30.2 Å². The van der Waals surface area contributed by atoms with Crippen molar-refractivity contribution < 1.29 is 9.90 Å². The lowest BCUT2D eigenvalue weighted by Gasteiger charge is -2.02. The number of rotatable bonds is 3. The predicted molar refractivity (Wildman–Crippen MR) is 62.6 cm³/mol. The monoisotopic (exact) mass is 241 g/mol. The molecule has 0 radical (unpaired) electrons. The smallest absolute Gasteiger partial charge is 0.267 e. The summed E-state index contributed by atoms with van der Waals surface area (Å²) in [5.41, 5.74) is 6.26. The number of nitrogens with zero attached hydrogens (tertiary/aromatic N) is 2. The van der Waals surface area contributed by atoms with E-state index in [4.69, 9.17) is 10.8 Å². The minimum absolute atomic E-state index is 0. The first-order chi connectivity index (χ1) is 7.22. The Morgan fingerprint density at radius 3 is 2.94 bits per heavy atom. The van der Waals surface area contributed by atoms with Crippen molar-refractivity contribution in [1.29, 1.82) is 0 Å². The van der Waals surface area contributed by atoms with Crippen molar-refractivity contribution >= 4 is 29.2 Å². The first-order valence-electron chi connectivity index (χ1n) is 4.58. The maximum atomic E-state index is 10.9. The van der Waals surface area contributed by atoms with E-state index in [0.717, 1.165) is 10.9 Å². The van der Waals surface area contributed by atoms with Gasteiger partial charge in [-0.1, -0.05) is 0 Å². The van der Waals surface area contributed by atoms with Gasteiger partial charge in [0.2, 0.25) is 0 Å². The SMILES string of the molecule is Cl.NC(=O)c1cc2ccn(CCO)c2cn1. The fraction of sp³-hybridized carbons (Fsp3) is 0.200. The van der Waals surface area contributed by atoms with E-state index in [1.165, 1.54) is 0 Å². The van der Waals surface area contributed by atoms with E-state index in [-0.39, 0.29) is 24.7 Å². The third kappa shape index (κ3) is 2.15. The molecule has 2 rings (SSSR count). The van der Waals surface area contributed by atoms with Crippen LogP contribution in [0.5, 0.6) is 0 Å². The Bertz CT molecular complexity index is 510.